The third-order valence-electron chi connectivity index (χ3n) is 4.68. The van der Waals surface area contributed by atoms with Gasteiger partial charge < -0.3 is 10.2 Å². The topological polar surface area (TPSA) is 86.8 Å². The van der Waals surface area contributed by atoms with E-state index in [4.69, 9.17) is 0 Å². The van der Waals surface area contributed by atoms with Crippen LogP contribution < -0.4 is 9.62 Å². The number of rotatable bonds is 9. The number of likely N-dealkylation sites (N-methyl/N-ethyl adjacent to an activating group) is 1. The number of aryl methyl sites for hydroxylation is 1. The summed E-state index contributed by atoms with van der Waals surface area (Å²) in [4.78, 5) is 27.1. The van der Waals surface area contributed by atoms with E-state index in [0.29, 0.717) is 12.2 Å². The summed E-state index contributed by atoms with van der Waals surface area (Å²) in [6, 6.07) is 15.5. The molecule has 1 N–H and O–H groups in total. The second-order valence-corrected chi connectivity index (χ2v) is 9.09. The molecule has 0 aliphatic heterocycles. The average molecular weight is 432 g/mol. The lowest BCUT2D eigenvalue weighted by Gasteiger charge is -2.31. The first-order valence-electron chi connectivity index (χ1n) is 9.79. The summed E-state index contributed by atoms with van der Waals surface area (Å²) < 4.78 is 26.0. The highest BCUT2D eigenvalue weighted by atomic mass is 32.2. The largest absolute Gasteiger partial charge is 0.355 e. The molecule has 0 radical (unpaired) electrons. The Bertz CT molecular complexity index is 977. The standard InChI is InChI=1S/C22H29N3O4S/c1-5-23-22(27)18(3)24(15-19-11-7-6-8-12-19)21(26)16-25(30(4,28)29)20-13-9-10-17(2)14-20/h6-14,18H,5,15-16H2,1-4H3,(H,23,27)/t18-/m1/s1. The van der Waals surface area contributed by atoms with Crippen LogP contribution in [0.25, 0.3) is 0 Å². The van der Waals surface area contributed by atoms with Crippen molar-refractivity contribution in [1.82, 2.24) is 10.2 Å². The Morgan fingerprint density at radius 3 is 2.30 bits per heavy atom. The number of nitrogens with one attached hydrogen (secondary N) is 1. The Balaban J connectivity index is 2.35. The van der Waals surface area contributed by atoms with Crippen LogP contribution in [0.15, 0.2) is 54.6 Å². The zero-order valence-corrected chi connectivity index (χ0v) is 18.6. The van der Waals surface area contributed by atoms with E-state index in [2.05, 4.69) is 5.32 Å². The molecule has 8 heteroatoms. The first kappa shape index (κ1) is 23.4. The van der Waals surface area contributed by atoms with Gasteiger partial charge in [-0.25, -0.2) is 8.42 Å². The normalized spacial score (nSPS) is 12.1. The average Bonchev–Trinajstić information content (AvgIpc) is 2.69. The Morgan fingerprint density at radius 1 is 1.07 bits per heavy atom. The van der Waals surface area contributed by atoms with Crippen molar-refractivity contribution in [1.29, 1.82) is 0 Å². The number of amides is 2. The zero-order valence-electron chi connectivity index (χ0n) is 17.8. The Kier molecular flexibility index (Phi) is 8.00. The maximum Gasteiger partial charge on any atom is 0.244 e. The van der Waals surface area contributed by atoms with Crippen molar-refractivity contribution in [2.75, 3.05) is 23.7 Å². The molecule has 30 heavy (non-hydrogen) atoms. The molecule has 2 aromatic carbocycles. The number of nitrogens with zero attached hydrogens (tertiary/aromatic N) is 2. The van der Waals surface area contributed by atoms with Gasteiger partial charge in [-0.2, -0.15) is 0 Å². The summed E-state index contributed by atoms with van der Waals surface area (Å²) in [6.07, 6.45) is 1.07. The van der Waals surface area contributed by atoms with E-state index in [-0.39, 0.29) is 12.5 Å². The summed E-state index contributed by atoms with van der Waals surface area (Å²) >= 11 is 0. The smallest absolute Gasteiger partial charge is 0.244 e. The number of sulfonamides is 1. The highest BCUT2D eigenvalue weighted by Crippen LogP contribution is 2.20. The Hall–Kier alpha value is -2.87. The van der Waals surface area contributed by atoms with E-state index in [1.807, 2.05) is 43.3 Å². The highest BCUT2D eigenvalue weighted by molar-refractivity contribution is 7.92. The quantitative estimate of drug-likeness (QED) is 0.660. The fraction of sp³-hybridized carbons (Fsp3) is 0.364. The van der Waals surface area contributed by atoms with Gasteiger partial charge in [0.15, 0.2) is 0 Å². The van der Waals surface area contributed by atoms with Crippen molar-refractivity contribution in [2.45, 2.75) is 33.4 Å². The fourth-order valence-electron chi connectivity index (χ4n) is 3.08. The molecule has 2 amide bonds. The molecule has 0 unspecified atom stereocenters. The second-order valence-electron chi connectivity index (χ2n) is 7.19. The Labute approximate surface area is 178 Å². The minimum atomic E-state index is -3.71. The molecule has 0 aliphatic rings. The lowest BCUT2D eigenvalue weighted by atomic mass is 10.1. The SMILES string of the molecule is CCNC(=O)[C@@H](C)N(Cc1ccccc1)C(=O)CN(c1cccc(C)c1)S(C)(=O)=O. The van der Waals surface area contributed by atoms with Crippen LogP contribution in [0, 0.1) is 6.92 Å². The molecule has 2 rings (SSSR count). The van der Waals surface area contributed by atoms with Crippen LogP contribution in [0.2, 0.25) is 0 Å². The Morgan fingerprint density at radius 2 is 1.73 bits per heavy atom. The van der Waals surface area contributed by atoms with E-state index in [0.717, 1.165) is 21.7 Å². The summed E-state index contributed by atoms with van der Waals surface area (Å²) in [6.45, 7) is 5.54. The van der Waals surface area contributed by atoms with Gasteiger partial charge in [-0.3, -0.25) is 13.9 Å². The minimum Gasteiger partial charge on any atom is -0.355 e. The van der Waals surface area contributed by atoms with Crippen LogP contribution in [0.4, 0.5) is 5.69 Å². The van der Waals surface area contributed by atoms with Crippen molar-refractivity contribution < 1.29 is 18.0 Å². The van der Waals surface area contributed by atoms with Crippen molar-refractivity contribution in [2.24, 2.45) is 0 Å². The molecule has 0 bridgehead atoms. The summed E-state index contributed by atoms with van der Waals surface area (Å²) in [7, 11) is -3.71. The molecule has 0 fully saturated rings. The van der Waals surface area contributed by atoms with Gasteiger partial charge >= 0.3 is 0 Å². The molecule has 0 saturated carbocycles. The molecular formula is C22H29N3O4S. The van der Waals surface area contributed by atoms with Crippen molar-refractivity contribution in [3.05, 3.63) is 65.7 Å². The van der Waals surface area contributed by atoms with E-state index < -0.39 is 28.5 Å². The maximum absolute atomic E-state index is 13.3. The lowest BCUT2D eigenvalue weighted by Crippen LogP contribution is -2.51. The summed E-state index contributed by atoms with van der Waals surface area (Å²) in [5.41, 5.74) is 2.14. The third kappa shape index (κ3) is 6.32. The summed E-state index contributed by atoms with van der Waals surface area (Å²) in [5.74, 6) is -0.743. The van der Waals surface area contributed by atoms with Crippen molar-refractivity contribution in [3.8, 4) is 0 Å². The number of hydrogen-bond acceptors (Lipinski definition) is 4. The van der Waals surface area contributed by atoms with E-state index in [9.17, 15) is 18.0 Å². The van der Waals surface area contributed by atoms with Crippen LogP contribution >= 0.6 is 0 Å². The van der Waals surface area contributed by atoms with E-state index in [1.54, 1.807) is 32.0 Å². The maximum atomic E-state index is 13.3. The number of carbonyl (C=O) groups excluding carboxylic acids is 2. The van der Waals surface area contributed by atoms with E-state index >= 15 is 0 Å². The van der Waals surface area contributed by atoms with Crippen molar-refractivity contribution in [3.63, 3.8) is 0 Å². The number of benzene rings is 2. The molecule has 7 nitrogen and oxygen atoms in total. The first-order valence-corrected chi connectivity index (χ1v) is 11.6. The predicted molar refractivity (Wildman–Crippen MR) is 119 cm³/mol. The molecule has 0 heterocycles. The number of carbonyl (C=O) groups is 2. The van der Waals surface area contributed by atoms with Gasteiger partial charge in [-0.05, 0) is 44.0 Å². The molecule has 0 saturated heterocycles. The monoisotopic (exact) mass is 431 g/mol. The van der Waals surface area contributed by atoms with Gasteiger partial charge in [-0.1, -0.05) is 42.5 Å². The van der Waals surface area contributed by atoms with Gasteiger partial charge in [0.1, 0.15) is 12.6 Å². The fourth-order valence-corrected chi connectivity index (χ4v) is 3.92. The van der Waals surface area contributed by atoms with Gasteiger partial charge in [0.2, 0.25) is 21.8 Å². The molecular weight excluding hydrogens is 402 g/mol. The molecule has 162 valence electrons. The zero-order chi connectivity index (χ0) is 22.3. The van der Waals surface area contributed by atoms with Crippen LogP contribution in [0.5, 0.6) is 0 Å². The second kappa shape index (κ2) is 10.2. The van der Waals surface area contributed by atoms with Crippen LogP contribution in [0.1, 0.15) is 25.0 Å². The van der Waals surface area contributed by atoms with E-state index in [1.165, 1.54) is 4.90 Å². The highest BCUT2D eigenvalue weighted by Gasteiger charge is 2.29. The van der Waals surface area contributed by atoms with Gasteiger partial charge in [0.05, 0.1) is 11.9 Å². The number of anilines is 1. The molecule has 0 aromatic heterocycles. The van der Waals surface area contributed by atoms with Crippen LogP contribution in [-0.4, -0.2) is 50.5 Å². The van der Waals surface area contributed by atoms with Crippen LogP contribution in [0.3, 0.4) is 0 Å². The molecule has 0 spiro atoms. The van der Waals surface area contributed by atoms with Crippen LogP contribution in [-0.2, 0) is 26.2 Å². The van der Waals surface area contributed by atoms with Crippen molar-refractivity contribution >= 4 is 27.5 Å². The van der Waals surface area contributed by atoms with Gasteiger partial charge in [0.25, 0.3) is 0 Å². The van der Waals surface area contributed by atoms with Gasteiger partial charge in [-0.15, -0.1) is 0 Å². The molecule has 1 atom stereocenters. The van der Waals surface area contributed by atoms with Gasteiger partial charge in [0, 0.05) is 13.1 Å². The molecule has 0 aliphatic carbocycles. The minimum absolute atomic E-state index is 0.198. The molecule has 2 aromatic rings. The summed E-state index contributed by atoms with van der Waals surface area (Å²) in [5, 5.41) is 2.72. The third-order valence-corrected chi connectivity index (χ3v) is 5.82. The predicted octanol–water partition coefficient (Wildman–Crippen LogP) is 2.31. The first-order chi connectivity index (χ1) is 14.1. The lowest BCUT2D eigenvalue weighted by molar-refractivity contribution is -0.139. The number of hydrogen-bond donors (Lipinski definition) is 1.